The maximum Gasteiger partial charge on any atom is 0.410 e. The van der Waals surface area contributed by atoms with Gasteiger partial charge >= 0.3 is 12.1 Å². The van der Waals surface area contributed by atoms with E-state index in [9.17, 15) is 33.6 Å². The van der Waals surface area contributed by atoms with Crippen LogP contribution in [0.4, 0.5) is 15.3 Å². The number of aromatic nitrogens is 6. The number of imidazole rings is 1. The lowest BCUT2D eigenvalue weighted by atomic mass is 10.0. The van der Waals surface area contributed by atoms with E-state index in [0.717, 1.165) is 32.5 Å². The molecule has 8 rings (SSSR count). The number of aromatic amines is 1. The predicted octanol–water partition coefficient (Wildman–Crippen LogP) is 6.48. The van der Waals surface area contributed by atoms with Gasteiger partial charge in [-0.15, -0.1) is 0 Å². The molecule has 0 saturated heterocycles. The number of primary amides is 1. The Kier molecular flexibility index (Phi) is 17.8. The number of nitrogens with zero attached hydrogens (tertiary/aromatic N) is 7. The number of H-pyrrole nitrogens is 1. The van der Waals surface area contributed by atoms with Crippen molar-refractivity contribution < 1.29 is 38.3 Å². The van der Waals surface area contributed by atoms with Crippen LogP contribution in [0.25, 0.3) is 39.1 Å². The lowest BCUT2D eigenvalue weighted by Gasteiger charge is -2.25. The van der Waals surface area contributed by atoms with Crippen LogP contribution in [0, 0.1) is 12.8 Å². The Balaban J connectivity index is 0.926. The summed E-state index contributed by atoms with van der Waals surface area (Å²) in [5, 5.41) is 17.2. The SMILES string of the molecule is Cc1cccc(-c2nc(CN(Cc3cccc4ccccc34)C(=O)OCc3ccc(NC(=O)[C@H](CCCNC(N)=O)NC(=O)C(NC(=O)CCCCCN4C(=O)C=CC4=O)C(C)C)cc3)[nH]c2-c2ccc3ncnn3c2)n1. The molecule has 3 aromatic carbocycles. The Bertz CT molecular complexity index is 3290. The van der Waals surface area contributed by atoms with Gasteiger partial charge in [-0.05, 0) is 96.8 Å². The highest BCUT2D eigenvalue weighted by atomic mass is 16.6. The van der Waals surface area contributed by atoms with Gasteiger partial charge in [-0.1, -0.05) is 80.9 Å². The van der Waals surface area contributed by atoms with Gasteiger partial charge in [-0.2, -0.15) is 5.10 Å². The van der Waals surface area contributed by atoms with Gasteiger partial charge in [0, 0.05) is 54.8 Å². The highest BCUT2D eigenvalue weighted by Crippen LogP contribution is 2.31. The number of anilines is 1. The van der Waals surface area contributed by atoms with E-state index < -0.39 is 36.0 Å². The Morgan fingerprint density at radius 2 is 1.57 bits per heavy atom. The van der Waals surface area contributed by atoms with E-state index in [4.69, 9.17) is 20.4 Å². The minimum atomic E-state index is -1.07. The molecule has 77 heavy (non-hydrogen) atoms. The lowest BCUT2D eigenvalue weighted by Crippen LogP contribution is -2.54. The van der Waals surface area contributed by atoms with Crippen LogP contribution >= 0.6 is 0 Å². The van der Waals surface area contributed by atoms with Crippen LogP contribution in [0.5, 0.6) is 0 Å². The van der Waals surface area contributed by atoms with Crippen molar-refractivity contribution in [2.24, 2.45) is 11.7 Å². The van der Waals surface area contributed by atoms with E-state index in [1.807, 2.05) is 85.9 Å². The zero-order valence-corrected chi connectivity index (χ0v) is 43.0. The summed E-state index contributed by atoms with van der Waals surface area (Å²) >= 11 is 0. The number of pyridine rings is 2. The minimum absolute atomic E-state index is 0.0467. The molecule has 0 radical (unpaired) electrons. The fourth-order valence-corrected chi connectivity index (χ4v) is 8.90. The van der Waals surface area contributed by atoms with Gasteiger partial charge in [-0.3, -0.25) is 38.8 Å². The standard InChI is InChI=1S/C56H61N13O8/c1-35(2)50(66-47(70)19-5-4-8-29-68-48(71)26-27-49(68)72)54(74)63-44(18-11-28-58-55(57)75)53(73)62-41-23-20-37(21-24-41)33-77-56(76)67(30-39-15-10-14-38-13-6-7-16-42(38)39)32-45-64-51(40-22-25-46-59-34-60-69(46)31-40)52(65-45)43-17-9-12-36(3)61-43/h6-7,9-10,12-17,20-27,31,34-35,44,50H,4-5,8,11,18-19,28-30,32-33H2,1-3H3,(H,62,73)(H,63,74)(H,64,65)(H,66,70)(H3,57,58,75)/t44-,50?/m0/s1. The predicted molar refractivity (Wildman–Crippen MR) is 287 cm³/mol. The molecule has 5 heterocycles. The first-order valence-corrected chi connectivity index (χ1v) is 25.5. The van der Waals surface area contributed by atoms with Crippen LogP contribution in [0.15, 0.2) is 122 Å². The Hall–Kier alpha value is -9.27. The maximum absolute atomic E-state index is 14.3. The Morgan fingerprint density at radius 1 is 0.805 bits per heavy atom. The molecule has 2 atom stereocenters. The average Bonchev–Trinajstić information content (AvgIpc) is 4.17. The number of rotatable bonds is 24. The number of imide groups is 1. The van der Waals surface area contributed by atoms with Crippen LogP contribution < -0.4 is 27.0 Å². The summed E-state index contributed by atoms with van der Waals surface area (Å²) in [4.78, 5) is 110. The number of nitrogens with two attached hydrogens (primary N) is 1. The van der Waals surface area contributed by atoms with Crippen LogP contribution in [0.1, 0.15) is 75.0 Å². The number of hydrogen-bond acceptors (Lipinski definition) is 12. The Morgan fingerprint density at radius 3 is 2.34 bits per heavy atom. The number of carbonyl (C=O) groups excluding carboxylic acids is 7. The second-order valence-electron chi connectivity index (χ2n) is 19.0. The second kappa shape index (κ2) is 25.3. The molecule has 7 N–H and O–H groups in total. The molecular formula is C56H61N13O8. The molecule has 0 saturated carbocycles. The molecule has 21 heteroatoms. The van der Waals surface area contributed by atoms with E-state index in [1.54, 1.807) is 47.5 Å². The number of aryl methyl sites for hydroxylation is 1. The summed E-state index contributed by atoms with van der Waals surface area (Å²) in [5.41, 5.74) is 11.4. The van der Waals surface area contributed by atoms with Crippen molar-refractivity contribution >= 4 is 63.8 Å². The van der Waals surface area contributed by atoms with Gasteiger partial charge in [0.15, 0.2) is 5.65 Å². The Labute approximate surface area is 444 Å². The number of benzene rings is 3. The fourth-order valence-electron chi connectivity index (χ4n) is 8.90. The molecule has 1 unspecified atom stereocenters. The summed E-state index contributed by atoms with van der Waals surface area (Å²) < 4.78 is 7.67. The summed E-state index contributed by atoms with van der Waals surface area (Å²) in [7, 11) is 0. The number of carbonyl (C=O) groups is 7. The van der Waals surface area contributed by atoms with E-state index in [-0.39, 0.29) is 69.3 Å². The number of hydrogen-bond donors (Lipinski definition) is 6. The number of nitrogens with one attached hydrogen (secondary N) is 5. The molecule has 1 aliphatic heterocycles. The first-order chi connectivity index (χ1) is 37.2. The molecule has 21 nitrogen and oxygen atoms in total. The molecule has 0 fully saturated rings. The third-order valence-corrected chi connectivity index (χ3v) is 12.9. The number of amides is 8. The van der Waals surface area contributed by atoms with Gasteiger partial charge in [0.1, 0.15) is 36.5 Å². The molecule has 4 aromatic heterocycles. The maximum atomic E-state index is 14.3. The summed E-state index contributed by atoms with van der Waals surface area (Å²) in [5.74, 6) is -2.03. The van der Waals surface area contributed by atoms with Crippen LogP contribution in [-0.2, 0) is 48.4 Å². The summed E-state index contributed by atoms with van der Waals surface area (Å²) in [6.07, 6.45) is 7.30. The monoisotopic (exact) mass is 1040 g/mol. The molecule has 0 spiro atoms. The number of fused-ring (bicyclic) bond motifs is 2. The largest absolute Gasteiger partial charge is 0.445 e. The van der Waals surface area contributed by atoms with Crippen molar-refractivity contribution in [2.45, 2.75) is 91.1 Å². The third kappa shape index (κ3) is 14.3. The van der Waals surface area contributed by atoms with Crippen LogP contribution in [0.2, 0.25) is 0 Å². The highest BCUT2D eigenvalue weighted by molar-refractivity contribution is 6.12. The zero-order valence-electron chi connectivity index (χ0n) is 43.0. The van der Waals surface area contributed by atoms with E-state index in [1.165, 1.54) is 18.5 Å². The summed E-state index contributed by atoms with van der Waals surface area (Å²) in [6, 6.07) is 27.4. The van der Waals surface area contributed by atoms with Crippen LogP contribution in [0.3, 0.4) is 0 Å². The average molecular weight is 1040 g/mol. The number of urea groups is 1. The van der Waals surface area contributed by atoms with Crippen molar-refractivity contribution in [1.82, 2.24) is 55.3 Å². The highest BCUT2D eigenvalue weighted by Gasteiger charge is 2.30. The number of ether oxygens (including phenoxy) is 1. The van der Waals surface area contributed by atoms with Crippen LogP contribution in [-0.4, -0.2) is 106 Å². The lowest BCUT2D eigenvalue weighted by molar-refractivity contribution is -0.137. The molecule has 0 aliphatic carbocycles. The van der Waals surface area contributed by atoms with Gasteiger partial charge in [0.2, 0.25) is 17.7 Å². The third-order valence-electron chi connectivity index (χ3n) is 12.9. The molecule has 398 valence electrons. The second-order valence-corrected chi connectivity index (χ2v) is 19.0. The molecular weight excluding hydrogens is 983 g/mol. The van der Waals surface area contributed by atoms with E-state index in [2.05, 4.69) is 36.3 Å². The van der Waals surface area contributed by atoms with E-state index >= 15 is 0 Å². The van der Waals surface area contributed by atoms with Gasteiger partial charge in [-0.25, -0.2) is 24.1 Å². The van der Waals surface area contributed by atoms with Crippen molar-refractivity contribution in [3.8, 4) is 22.6 Å². The molecule has 7 aromatic rings. The smallest absolute Gasteiger partial charge is 0.410 e. The van der Waals surface area contributed by atoms with Crippen molar-refractivity contribution in [3.63, 3.8) is 0 Å². The van der Waals surface area contributed by atoms with Crippen molar-refractivity contribution in [3.05, 3.63) is 144 Å². The van der Waals surface area contributed by atoms with Gasteiger partial charge in [0.05, 0.1) is 24.5 Å². The topological polar surface area (TPSA) is 281 Å². The van der Waals surface area contributed by atoms with E-state index in [0.29, 0.717) is 65.5 Å². The quantitative estimate of drug-likeness (QED) is 0.0280. The molecule has 1 aliphatic rings. The molecule has 0 bridgehead atoms. The number of unbranched alkanes of at least 4 members (excludes halogenated alkanes) is 2. The molecule has 8 amide bonds. The van der Waals surface area contributed by atoms with Gasteiger partial charge < -0.3 is 36.7 Å². The first kappa shape index (κ1) is 54.0. The fraction of sp³-hybridized carbons (Fsp3) is 0.304. The van der Waals surface area contributed by atoms with Crippen molar-refractivity contribution in [2.75, 3.05) is 18.4 Å². The first-order valence-electron chi connectivity index (χ1n) is 25.5. The zero-order chi connectivity index (χ0) is 54.4. The normalized spacial score (nSPS) is 13.0. The summed E-state index contributed by atoms with van der Waals surface area (Å²) in [6.45, 7) is 5.99. The van der Waals surface area contributed by atoms with Gasteiger partial charge in [0.25, 0.3) is 11.8 Å². The minimum Gasteiger partial charge on any atom is -0.445 e. The van der Waals surface area contributed by atoms with Crippen molar-refractivity contribution in [1.29, 1.82) is 0 Å².